The predicted molar refractivity (Wildman–Crippen MR) is 107 cm³/mol. The maximum absolute atomic E-state index is 13.9. The molecule has 1 aromatic carbocycles. The summed E-state index contributed by atoms with van der Waals surface area (Å²) < 4.78 is 26.9. The lowest BCUT2D eigenvalue weighted by molar-refractivity contribution is -0.123. The number of nitrogens with zero attached hydrogens (tertiary/aromatic N) is 3. The SMILES string of the molecule is CC(C)(C)C(=O)Nc1ccc(N2CCN(C(=O)c3ccc(F)cc3F)CC2)nc1. The Bertz CT molecular complexity index is 902. The third-order valence-electron chi connectivity index (χ3n) is 4.74. The van der Waals surface area contributed by atoms with Gasteiger partial charge >= 0.3 is 0 Å². The quantitative estimate of drug-likeness (QED) is 0.856. The van der Waals surface area contributed by atoms with Gasteiger partial charge in [-0.05, 0) is 24.3 Å². The molecular formula is C21H24F2N4O2. The summed E-state index contributed by atoms with van der Waals surface area (Å²) in [6, 6.07) is 6.57. The molecular weight excluding hydrogens is 378 g/mol. The number of benzene rings is 1. The molecule has 0 atom stereocenters. The standard InChI is InChI=1S/C21H24F2N4O2/c1-21(2,3)20(29)25-15-5-7-18(24-13-15)26-8-10-27(11-9-26)19(28)16-6-4-14(22)12-17(16)23/h4-7,12-13H,8-11H2,1-3H3,(H,25,29). The Balaban J connectivity index is 1.59. The first kappa shape index (κ1) is 20.7. The number of nitrogens with one attached hydrogen (secondary N) is 1. The summed E-state index contributed by atoms with van der Waals surface area (Å²) >= 11 is 0. The van der Waals surface area contributed by atoms with Crippen LogP contribution in [0.3, 0.4) is 0 Å². The smallest absolute Gasteiger partial charge is 0.256 e. The number of amides is 2. The van der Waals surface area contributed by atoms with Gasteiger partial charge in [-0.25, -0.2) is 13.8 Å². The predicted octanol–water partition coefficient (Wildman–Crippen LogP) is 3.31. The van der Waals surface area contributed by atoms with Crippen molar-refractivity contribution in [1.82, 2.24) is 9.88 Å². The van der Waals surface area contributed by atoms with E-state index in [0.717, 1.165) is 11.9 Å². The highest BCUT2D eigenvalue weighted by Gasteiger charge is 2.25. The maximum atomic E-state index is 13.9. The molecule has 1 fully saturated rings. The first-order valence-corrected chi connectivity index (χ1v) is 9.42. The van der Waals surface area contributed by atoms with Crippen LogP contribution < -0.4 is 10.2 Å². The Kier molecular flexibility index (Phi) is 5.81. The van der Waals surface area contributed by atoms with Crippen molar-refractivity contribution in [2.24, 2.45) is 5.41 Å². The molecule has 29 heavy (non-hydrogen) atoms. The molecule has 2 amide bonds. The molecule has 0 bridgehead atoms. The van der Waals surface area contributed by atoms with Crippen molar-refractivity contribution < 1.29 is 18.4 Å². The number of carbonyl (C=O) groups is 2. The number of pyridine rings is 1. The van der Waals surface area contributed by atoms with E-state index in [1.807, 2.05) is 31.7 Å². The molecule has 6 nitrogen and oxygen atoms in total. The Morgan fingerprint density at radius 1 is 1.03 bits per heavy atom. The summed E-state index contributed by atoms with van der Waals surface area (Å²) in [5.41, 5.74) is -0.00267. The van der Waals surface area contributed by atoms with Crippen molar-refractivity contribution in [3.8, 4) is 0 Å². The number of halogens is 2. The van der Waals surface area contributed by atoms with Gasteiger partial charge in [0.05, 0.1) is 17.4 Å². The van der Waals surface area contributed by atoms with Crippen LogP contribution in [0.15, 0.2) is 36.5 Å². The molecule has 1 aliphatic rings. The van der Waals surface area contributed by atoms with Gasteiger partial charge in [-0.3, -0.25) is 9.59 Å². The number of carbonyl (C=O) groups excluding carboxylic acids is 2. The maximum Gasteiger partial charge on any atom is 0.256 e. The van der Waals surface area contributed by atoms with Crippen LogP contribution in [-0.2, 0) is 4.79 Å². The molecule has 2 heterocycles. The van der Waals surface area contributed by atoms with Gasteiger partial charge in [0.25, 0.3) is 5.91 Å². The van der Waals surface area contributed by atoms with Crippen molar-refractivity contribution in [2.75, 3.05) is 36.4 Å². The molecule has 1 N–H and O–H groups in total. The first-order chi connectivity index (χ1) is 13.6. The van der Waals surface area contributed by atoms with E-state index >= 15 is 0 Å². The van der Waals surface area contributed by atoms with Gasteiger partial charge in [-0.2, -0.15) is 0 Å². The average Bonchev–Trinajstić information content (AvgIpc) is 2.67. The second kappa shape index (κ2) is 8.14. The fraction of sp³-hybridized carbons (Fsp3) is 0.381. The Morgan fingerprint density at radius 2 is 1.72 bits per heavy atom. The number of hydrogen-bond acceptors (Lipinski definition) is 4. The molecule has 1 aliphatic heterocycles. The minimum absolute atomic E-state index is 0.0906. The van der Waals surface area contributed by atoms with Crippen molar-refractivity contribution in [2.45, 2.75) is 20.8 Å². The van der Waals surface area contributed by atoms with Crippen molar-refractivity contribution >= 4 is 23.3 Å². The van der Waals surface area contributed by atoms with Crippen LogP contribution in [0.4, 0.5) is 20.3 Å². The molecule has 0 saturated carbocycles. The second-order valence-electron chi connectivity index (χ2n) is 8.01. The Morgan fingerprint density at radius 3 is 2.28 bits per heavy atom. The van der Waals surface area contributed by atoms with Gasteiger partial charge in [0.1, 0.15) is 17.5 Å². The third kappa shape index (κ3) is 4.88. The second-order valence-corrected chi connectivity index (χ2v) is 8.01. The van der Waals surface area contributed by atoms with Gasteiger partial charge < -0.3 is 15.1 Å². The average molecular weight is 402 g/mol. The van der Waals surface area contributed by atoms with E-state index in [1.54, 1.807) is 17.2 Å². The largest absolute Gasteiger partial charge is 0.353 e. The summed E-state index contributed by atoms with van der Waals surface area (Å²) in [5, 5.41) is 2.83. The van der Waals surface area contributed by atoms with E-state index in [0.29, 0.717) is 37.9 Å². The zero-order valence-electron chi connectivity index (χ0n) is 16.7. The highest BCUT2D eigenvalue weighted by atomic mass is 19.1. The number of piperazine rings is 1. The van der Waals surface area contributed by atoms with Gasteiger partial charge in [-0.15, -0.1) is 0 Å². The summed E-state index contributed by atoms with van der Waals surface area (Å²) in [6.07, 6.45) is 1.60. The van der Waals surface area contributed by atoms with E-state index < -0.39 is 23.0 Å². The molecule has 3 rings (SSSR count). The van der Waals surface area contributed by atoms with E-state index in [4.69, 9.17) is 0 Å². The van der Waals surface area contributed by atoms with Gasteiger partial charge in [0, 0.05) is 37.7 Å². The molecule has 0 spiro atoms. The molecule has 0 aliphatic carbocycles. The van der Waals surface area contributed by atoms with Gasteiger partial charge in [-0.1, -0.05) is 20.8 Å². The van der Waals surface area contributed by atoms with Crippen LogP contribution in [0.2, 0.25) is 0 Å². The molecule has 0 unspecified atom stereocenters. The fourth-order valence-electron chi connectivity index (χ4n) is 2.94. The topological polar surface area (TPSA) is 65.5 Å². The number of anilines is 2. The van der Waals surface area contributed by atoms with Crippen LogP contribution in [0.25, 0.3) is 0 Å². The van der Waals surface area contributed by atoms with Crippen LogP contribution in [0.5, 0.6) is 0 Å². The van der Waals surface area contributed by atoms with E-state index in [2.05, 4.69) is 10.3 Å². The highest BCUT2D eigenvalue weighted by molar-refractivity contribution is 5.95. The lowest BCUT2D eigenvalue weighted by Crippen LogP contribution is -2.49. The zero-order valence-corrected chi connectivity index (χ0v) is 16.7. The lowest BCUT2D eigenvalue weighted by Gasteiger charge is -2.35. The Labute approximate surface area is 168 Å². The molecule has 1 aromatic heterocycles. The first-order valence-electron chi connectivity index (χ1n) is 9.42. The van der Waals surface area contributed by atoms with Crippen molar-refractivity contribution in [1.29, 1.82) is 0 Å². The number of hydrogen-bond donors (Lipinski definition) is 1. The molecule has 1 saturated heterocycles. The van der Waals surface area contributed by atoms with Gasteiger partial charge in [0.2, 0.25) is 5.91 Å². The summed E-state index contributed by atoms with van der Waals surface area (Å²) in [6.45, 7) is 7.39. The van der Waals surface area contributed by atoms with Crippen LogP contribution in [0, 0.1) is 17.0 Å². The van der Waals surface area contributed by atoms with Crippen molar-refractivity contribution in [3.05, 3.63) is 53.7 Å². The lowest BCUT2D eigenvalue weighted by atomic mass is 9.96. The number of rotatable bonds is 3. The normalized spacial score (nSPS) is 14.7. The molecule has 0 radical (unpaired) electrons. The summed E-state index contributed by atoms with van der Waals surface area (Å²) in [4.78, 5) is 32.5. The van der Waals surface area contributed by atoms with Crippen LogP contribution in [-0.4, -0.2) is 47.9 Å². The molecule has 8 heteroatoms. The van der Waals surface area contributed by atoms with Crippen molar-refractivity contribution in [3.63, 3.8) is 0 Å². The van der Waals surface area contributed by atoms with Crippen LogP contribution in [0.1, 0.15) is 31.1 Å². The summed E-state index contributed by atoms with van der Waals surface area (Å²) in [5.74, 6) is -1.37. The minimum atomic E-state index is -0.855. The fourth-order valence-corrected chi connectivity index (χ4v) is 2.94. The van der Waals surface area contributed by atoms with E-state index in [1.165, 1.54) is 6.07 Å². The minimum Gasteiger partial charge on any atom is -0.353 e. The highest BCUT2D eigenvalue weighted by Crippen LogP contribution is 2.20. The monoisotopic (exact) mass is 402 g/mol. The third-order valence-corrected chi connectivity index (χ3v) is 4.74. The van der Waals surface area contributed by atoms with Gasteiger partial charge in [0.15, 0.2) is 0 Å². The zero-order chi connectivity index (χ0) is 21.2. The summed E-state index contributed by atoms with van der Waals surface area (Å²) in [7, 11) is 0. The van der Waals surface area contributed by atoms with Crippen LogP contribution >= 0.6 is 0 Å². The van der Waals surface area contributed by atoms with E-state index in [-0.39, 0.29) is 11.5 Å². The van der Waals surface area contributed by atoms with E-state index in [9.17, 15) is 18.4 Å². The number of aromatic nitrogens is 1. The molecule has 154 valence electrons. The molecule has 2 aromatic rings. The Hall–Kier alpha value is -3.03.